The number of rotatable bonds is 0. The summed E-state index contributed by atoms with van der Waals surface area (Å²) in [6.45, 7) is 0. The van der Waals surface area contributed by atoms with Crippen LogP contribution >= 0.6 is 22.7 Å². The van der Waals surface area contributed by atoms with Gasteiger partial charge in [0, 0.05) is 14.3 Å². The molecule has 1 aliphatic carbocycles. The van der Waals surface area contributed by atoms with Gasteiger partial charge in [0.25, 0.3) is 0 Å². The van der Waals surface area contributed by atoms with Gasteiger partial charge in [0.2, 0.25) is 0 Å². The third-order valence-electron chi connectivity index (χ3n) is 2.01. The zero-order valence-corrected chi connectivity index (χ0v) is 7.47. The van der Waals surface area contributed by atoms with Crippen molar-refractivity contribution in [2.75, 3.05) is 0 Å². The summed E-state index contributed by atoms with van der Waals surface area (Å²) in [7, 11) is 0. The number of fused-ring (bicyclic) bond motifs is 3. The van der Waals surface area contributed by atoms with Gasteiger partial charge in [-0.25, -0.2) is 0 Å². The van der Waals surface area contributed by atoms with E-state index in [0.29, 0.717) is 0 Å². The van der Waals surface area contributed by atoms with E-state index in [1.165, 1.54) is 14.3 Å². The van der Waals surface area contributed by atoms with Crippen LogP contribution in [0.5, 0.6) is 0 Å². The molecule has 2 heteroatoms. The summed E-state index contributed by atoms with van der Waals surface area (Å²) in [6, 6.07) is 2.22. The van der Waals surface area contributed by atoms with Gasteiger partial charge in [-0.05, 0) is 29.5 Å². The molecule has 3 rings (SSSR count). The monoisotopic (exact) mass is 178 g/mol. The van der Waals surface area contributed by atoms with Crippen LogP contribution in [0.1, 0.15) is 10.4 Å². The minimum atomic E-state index is 1.15. The van der Waals surface area contributed by atoms with Gasteiger partial charge in [0.05, 0.1) is 0 Å². The highest BCUT2D eigenvalue weighted by atomic mass is 32.1. The summed E-state index contributed by atoms with van der Waals surface area (Å²) in [6.07, 6.45) is 5.64. The van der Waals surface area contributed by atoms with Crippen molar-refractivity contribution >= 4 is 38.1 Å². The second-order valence-corrected chi connectivity index (χ2v) is 4.67. The van der Waals surface area contributed by atoms with E-state index in [2.05, 4.69) is 23.6 Å². The Hall–Kier alpha value is -0.600. The van der Waals surface area contributed by atoms with Crippen LogP contribution in [-0.4, -0.2) is 0 Å². The third kappa shape index (κ3) is 0.686. The van der Waals surface area contributed by atoms with E-state index in [1.54, 1.807) is 5.56 Å². The van der Waals surface area contributed by atoms with Gasteiger partial charge >= 0.3 is 0 Å². The predicted octanol–water partition coefficient (Wildman–Crippen LogP) is 3.53. The summed E-state index contributed by atoms with van der Waals surface area (Å²) < 4.78 is 2.97. The van der Waals surface area contributed by atoms with Crippen LogP contribution in [0.3, 0.4) is 0 Å². The lowest BCUT2D eigenvalue weighted by molar-refractivity contribution is 1.38. The fraction of sp³-hybridized carbons (Fsp3) is 0.111. The van der Waals surface area contributed by atoms with E-state index in [0.717, 1.165) is 6.42 Å². The summed E-state index contributed by atoms with van der Waals surface area (Å²) >= 11 is 3.79. The Bertz CT molecular complexity index is 431. The van der Waals surface area contributed by atoms with Crippen molar-refractivity contribution in [3.05, 3.63) is 28.0 Å². The van der Waals surface area contributed by atoms with E-state index in [9.17, 15) is 0 Å². The van der Waals surface area contributed by atoms with Crippen LogP contribution in [0, 0.1) is 0 Å². The van der Waals surface area contributed by atoms with Gasteiger partial charge in [-0.3, -0.25) is 0 Å². The first kappa shape index (κ1) is 5.98. The Labute approximate surface area is 72.8 Å². The van der Waals surface area contributed by atoms with Crippen LogP contribution in [0.25, 0.3) is 15.5 Å². The molecule has 0 fully saturated rings. The molecular formula is C9H6S2. The lowest BCUT2D eigenvalue weighted by Crippen LogP contribution is -1.69. The summed E-state index contributed by atoms with van der Waals surface area (Å²) in [5.74, 6) is 0. The Balaban J connectivity index is 2.52. The van der Waals surface area contributed by atoms with Crippen molar-refractivity contribution in [1.29, 1.82) is 0 Å². The normalized spacial score (nSPS) is 14.5. The zero-order valence-electron chi connectivity index (χ0n) is 5.83. The van der Waals surface area contributed by atoms with Crippen molar-refractivity contribution < 1.29 is 0 Å². The minimum Gasteiger partial charge on any atom is -0.143 e. The lowest BCUT2D eigenvalue weighted by Gasteiger charge is -1.84. The third-order valence-corrected chi connectivity index (χ3v) is 4.28. The van der Waals surface area contributed by atoms with Crippen molar-refractivity contribution in [3.8, 4) is 0 Å². The fourth-order valence-electron chi connectivity index (χ4n) is 1.50. The van der Waals surface area contributed by atoms with Crippen LogP contribution in [-0.2, 0) is 6.42 Å². The second-order valence-electron chi connectivity index (χ2n) is 2.67. The molecule has 0 saturated carbocycles. The Kier molecular flexibility index (Phi) is 1.06. The topological polar surface area (TPSA) is 0 Å². The Morgan fingerprint density at radius 2 is 2.36 bits per heavy atom. The highest BCUT2D eigenvalue weighted by Crippen LogP contribution is 2.38. The first-order chi connectivity index (χ1) is 5.45. The molecule has 2 aromatic rings. The van der Waals surface area contributed by atoms with Crippen LogP contribution < -0.4 is 0 Å². The number of hydrogen-bond donors (Lipinski definition) is 0. The maximum absolute atomic E-state index is 2.25. The van der Waals surface area contributed by atoms with Crippen molar-refractivity contribution in [1.82, 2.24) is 0 Å². The Morgan fingerprint density at radius 3 is 3.36 bits per heavy atom. The van der Waals surface area contributed by atoms with Crippen molar-refractivity contribution in [2.45, 2.75) is 6.42 Å². The van der Waals surface area contributed by atoms with Gasteiger partial charge in [-0.2, -0.15) is 0 Å². The molecule has 0 radical (unpaired) electrons. The summed E-state index contributed by atoms with van der Waals surface area (Å²) in [4.78, 5) is 1.48. The average molecular weight is 178 g/mol. The molecule has 0 bridgehead atoms. The predicted molar refractivity (Wildman–Crippen MR) is 52.4 cm³/mol. The molecule has 0 amide bonds. The standard InChI is InChI=1S/C9H6S2/c1-2-6-7(3-1)11-8-4-5-10-9(6)8/h1,3-5H,2H2. The number of hydrogen-bond acceptors (Lipinski definition) is 2. The summed E-state index contributed by atoms with van der Waals surface area (Å²) in [5, 5.41) is 2.18. The molecule has 0 N–H and O–H groups in total. The second kappa shape index (κ2) is 1.96. The van der Waals surface area contributed by atoms with E-state index in [-0.39, 0.29) is 0 Å². The largest absolute Gasteiger partial charge is 0.143 e. The van der Waals surface area contributed by atoms with E-state index in [1.807, 2.05) is 22.7 Å². The summed E-state index contributed by atoms with van der Waals surface area (Å²) in [5.41, 5.74) is 1.56. The molecule has 0 atom stereocenters. The van der Waals surface area contributed by atoms with Crippen LogP contribution in [0.2, 0.25) is 0 Å². The zero-order chi connectivity index (χ0) is 7.26. The maximum Gasteiger partial charge on any atom is 0.0492 e. The van der Waals surface area contributed by atoms with Crippen LogP contribution in [0.15, 0.2) is 17.5 Å². The molecule has 0 saturated heterocycles. The molecule has 2 aromatic heterocycles. The van der Waals surface area contributed by atoms with Crippen molar-refractivity contribution in [2.24, 2.45) is 0 Å². The maximum atomic E-state index is 2.25. The minimum absolute atomic E-state index is 1.15. The average Bonchev–Trinajstić information content (AvgIpc) is 2.52. The molecule has 2 heterocycles. The van der Waals surface area contributed by atoms with Crippen LogP contribution in [0.4, 0.5) is 0 Å². The molecule has 0 aliphatic heterocycles. The SMILES string of the molecule is C1=Cc2sc3ccsc3c2C1. The molecule has 11 heavy (non-hydrogen) atoms. The smallest absolute Gasteiger partial charge is 0.0492 e. The molecule has 0 spiro atoms. The van der Waals surface area contributed by atoms with E-state index >= 15 is 0 Å². The molecule has 1 aliphatic rings. The van der Waals surface area contributed by atoms with Gasteiger partial charge in [-0.15, -0.1) is 22.7 Å². The molecular weight excluding hydrogens is 172 g/mol. The molecule has 0 nitrogen and oxygen atoms in total. The number of thiophene rings is 2. The molecule has 0 aromatic carbocycles. The first-order valence-corrected chi connectivity index (χ1v) is 5.30. The Morgan fingerprint density at radius 1 is 1.36 bits per heavy atom. The lowest BCUT2D eigenvalue weighted by atomic mass is 10.2. The fourth-order valence-corrected chi connectivity index (χ4v) is 3.84. The highest BCUT2D eigenvalue weighted by molar-refractivity contribution is 7.27. The van der Waals surface area contributed by atoms with Gasteiger partial charge < -0.3 is 0 Å². The van der Waals surface area contributed by atoms with Gasteiger partial charge in [0.1, 0.15) is 0 Å². The van der Waals surface area contributed by atoms with Gasteiger partial charge in [-0.1, -0.05) is 6.08 Å². The molecule has 54 valence electrons. The number of allylic oxidation sites excluding steroid dienone is 1. The van der Waals surface area contributed by atoms with E-state index < -0.39 is 0 Å². The van der Waals surface area contributed by atoms with E-state index in [4.69, 9.17) is 0 Å². The quantitative estimate of drug-likeness (QED) is 0.579. The first-order valence-electron chi connectivity index (χ1n) is 3.60. The highest BCUT2D eigenvalue weighted by Gasteiger charge is 2.13. The molecule has 0 unspecified atom stereocenters. The van der Waals surface area contributed by atoms with Crippen molar-refractivity contribution in [3.63, 3.8) is 0 Å². The van der Waals surface area contributed by atoms with Gasteiger partial charge in [0.15, 0.2) is 0 Å².